The van der Waals surface area contributed by atoms with Crippen LogP contribution in [-0.4, -0.2) is 13.0 Å². The minimum Gasteiger partial charge on any atom is -0.494 e. The minimum absolute atomic E-state index is 0.105. The summed E-state index contributed by atoms with van der Waals surface area (Å²) in [5.41, 5.74) is 7.81. The van der Waals surface area contributed by atoms with Crippen LogP contribution in [0.1, 0.15) is 5.56 Å². The van der Waals surface area contributed by atoms with Crippen molar-refractivity contribution in [2.75, 3.05) is 18.2 Å². The molecule has 2 rings (SSSR count). The molecule has 0 heterocycles. The van der Waals surface area contributed by atoms with Crippen LogP contribution in [0.2, 0.25) is 0 Å². The number of anilines is 2. The highest BCUT2D eigenvalue weighted by Crippen LogP contribution is 2.26. The van der Waals surface area contributed by atoms with Gasteiger partial charge in [0.25, 0.3) is 0 Å². The molecule has 0 radical (unpaired) electrons. The third-order valence-electron chi connectivity index (χ3n) is 2.75. The smallest absolute Gasteiger partial charge is 0.228 e. The van der Waals surface area contributed by atoms with Crippen molar-refractivity contribution in [1.29, 1.82) is 0 Å². The Balaban J connectivity index is 2.08. The molecule has 20 heavy (non-hydrogen) atoms. The lowest BCUT2D eigenvalue weighted by atomic mass is 10.1. The first-order valence-corrected chi connectivity index (χ1v) is 6.85. The predicted molar refractivity (Wildman–Crippen MR) is 83.9 cm³/mol. The van der Waals surface area contributed by atoms with Crippen molar-refractivity contribution in [3.8, 4) is 5.75 Å². The van der Waals surface area contributed by atoms with Gasteiger partial charge in [0.15, 0.2) is 0 Å². The molecular weight excluding hydrogens is 320 g/mol. The van der Waals surface area contributed by atoms with E-state index in [1.54, 1.807) is 25.3 Å². The molecule has 0 unspecified atom stereocenters. The van der Waals surface area contributed by atoms with Crippen molar-refractivity contribution in [2.24, 2.45) is 0 Å². The summed E-state index contributed by atoms with van der Waals surface area (Å²) in [5.74, 6) is 0.443. The van der Waals surface area contributed by atoms with Gasteiger partial charge in [-0.15, -0.1) is 0 Å². The summed E-state index contributed by atoms with van der Waals surface area (Å²) in [6.45, 7) is 0. The number of nitrogen functional groups attached to an aromatic ring is 1. The lowest BCUT2D eigenvalue weighted by molar-refractivity contribution is -0.115. The van der Waals surface area contributed by atoms with Crippen molar-refractivity contribution < 1.29 is 9.53 Å². The molecule has 2 aromatic rings. The Morgan fingerprint density at radius 2 is 2.10 bits per heavy atom. The monoisotopic (exact) mass is 334 g/mol. The SMILES string of the molecule is COc1cc(N)ccc1NC(=O)Cc1cccc(Br)c1. The zero-order valence-electron chi connectivity index (χ0n) is 11.0. The Bertz CT molecular complexity index is 629. The number of amides is 1. The fraction of sp³-hybridized carbons (Fsp3) is 0.133. The van der Waals surface area contributed by atoms with Gasteiger partial charge in [0.1, 0.15) is 5.75 Å². The molecule has 0 aliphatic carbocycles. The van der Waals surface area contributed by atoms with E-state index in [2.05, 4.69) is 21.2 Å². The molecule has 0 aromatic heterocycles. The molecule has 5 heteroatoms. The number of benzene rings is 2. The highest BCUT2D eigenvalue weighted by Gasteiger charge is 2.09. The van der Waals surface area contributed by atoms with Crippen LogP contribution in [0, 0.1) is 0 Å². The van der Waals surface area contributed by atoms with Crippen molar-refractivity contribution in [1.82, 2.24) is 0 Å². The quantitative estimate of drug-likeness (QED) is 0.843. The van der Waals surface area contributed by atoms with E-state index in [4.69, 9.17) is 10.5 Å². The fourth-order valence-corrected chi connectivity index (χ4v) is 2.28. The molecule has 1 amide bonds. The van der Waals surface area contributed by atoms with Crippen LogP contribution in [0.15, 0.2) is 46.9 Å². The second kappa shape index (κ2) is 6.43. The topological polar surface area (TPSA) is 64.3 Å². The number of carbonyl (C=O) groups excluding carboxylic acids is 1. The van der Waals surface area contributed by atoms with Gasteiger partial charge in [-0.3, -0.25) is 4.79 Å². The maximum Gasteiger partial charge on any atom is 0.228 e. The van der Waals surface area contributed by atoms with Gasteiger partial charge in [-0.1, -0.05) is 28.1 Å². The van der Waals surface area contributed by atoms with Crippen LogP contribution in [-0.2, 0) is 11.2 Å². The first kappa shape index (κ1) is 14.4. The Morgan fingerprint density at radius 3 is 2.80 bits per heavy atom. The molecule has 3 N–H and O–H groups in total. The largest absolute Gasteiger partial charge is 0.494 e. The summed E-state index contributed by atoms with van der Waals surface area (Å²) in [4.78, 5) is 12.0. The van der Waals surface area contributed by atoms with E-state index in [9.17, 15) is 4.79 Å². The van der Waals surface area contributed by atoms with Crippen LogP contribution in [0.3, 0.4) is 0 Å². The van der Waals surface area contributed by atoms with Crippen LogP contribution >= 0.6 is 15.9 Å². The zero-order chi connectivity index (χ0) is 14.5. The molecule has 0 fully saturated rings. The second-order valence-corrected chi connectivity index (χ2v) is 5.23. The fourth-order valence-electron chi connectivity index (χ4n) is 1.84. The number of halogens is 1. The van der Waals surface area contributed by atoms with E-state index in [-0.39, 0.29) is 5.91 Å². The van der Waals surface area contributed by atoms with Crippen molar-refractivity contribution in [2.45, 2.75) is 6.42 Å². The highest BCUT2D eigenvalue weighted by atomic mass is 79.9. The summed E-state index contributed by atoms with van der Waals surface area (Å²) in [7, 11) is 1.54. The van der Waals surface area contributed by atoms with E-state index in [0.717, 1.165) is 10.0 Å². The number of nitrogens with one attached hydrogen (secondary N) is 1. The second-order valence-electron chi connectivity index (χ2n) is 4.31. The van der Waals surface area contributed by atoms with Crippen LogP contribution in [0.25, 0.3) is 0 Å². The third-order valence-corrected chi connectivity index (χ3v) is 3.25. The number of hydrogen-bond donors (Lipinski definition) is 2. The van der Waals surface area contributed by atoms with Crippen molar-refractivity contribution >= 4 is 33.2 Å². The Kier molecular flexibility index (Phi) is 4.63. The Morgan fingerprint density at radius 1 is 1.30 bits per heavy atom. The van der Waals surface area contributed by atoms with Gasteiger partial charge in [0, 0.05) is 16.2 Å². The number of hydrogen-bond acceptors (Lipinski definition) is 3. The predicted octanol–water partition coefficient (Wildman–Crippen LogP) is 3.22. The van der Waals surface area contributed by atoms with Gasteiger partial charge in [0.05, 0.1) is 19.2 Å². The number of carbonyl (C=O) groups is 1. The van der Waals surface area contributed by atoms with Crippen LogP contribution in [0.4, 0.5) is 11.4 Å². The average molecular weight is 335 g/mol. The average Bonchev–Trinajstić information content (AvgIpc) is 2.40. The molecule has 0 saturated carbocycles. The van der Waals surface area contributed by atoms with Gasteiger partial charge >= 0.3 is 0 Å². The summed E-state index contributed by atoms with van der Waals surface area (Å²) < 4.78 is 6.15. The third kappa shape index (κ3) is 3.74. The van der Waals surface area contributed by atoms with E-state index < -0.39 is 0 Å². The molecule has 0 atom stereocenters. The Labute approximate surface area is 126 Å². The zero-order valence-corrected chi connectivity index (χ0v) is 12.6. The van der Waals surface area contributed by atoms with Gasteiger partial charge in [-0.25, -0.2) is 0 Å². The summed E-state index contributed by atoms with van der Waals surface area (Å²) in [6, 6.07) is 12.8. The van der Waals surface area contributed by atoms with Crippen LogP contribution < -0.4 is 15.8 Å². The molecular formula is C15H15BrN2O2. The standard InChI is InChI=1S/C15H15BrN2O2/c1-20-14-9-12(17)5-6-13(14)18-15(19)8-10-3-2-4-11(16)7-10/h2-7,9H,8,17H2,1H3,(H,18,19). The summed E-state index contributed by atoms with van der Waals surface area (Å²) >= 11 is 3.38. The molecule has 0 aliphatic rings. The highest BCUT2D eigenvalue weighted by molar-refractivity contribution is 9.10. The maximum atomic E-state index is 12.0. The number of rotatable bonds is 4. The van der Waals surface area contributed by atoms with Gasteiger partial charge in [-0.2, -0.15) is 0 Å². The van der Waals surface area contributed by atoms with E-state index in [0.29, 0.717) is 23.5 Å². The van der Waals surface area contributed by atoms with Gasteiger partial charge in [0.2, 0.25) is 5.91 Å². The molecule has 0 saturated heterocycles. The normalized spacial score (nSPS) is 10.1. The van der Waals surface area contributed by atoms with Crippen molar-refractivity contribution in [3.63, 3.8) is 0 Å². The molecule has 0 bridgehead atoms. The molecule has 4 nitrogen and oxygen atoms in total. The molecule has 0 spiro atoms. The Hall–Kier alpha value is -2.01. The van der Waals surface area contributed by atoms with Crippen molar-refractivity contribution in [3.05, 3.63) is 52.5 Å². The van der Waals surface area contributed by atoms with Gasteiger partial charge < -0.3 is 15.8 Å². The van der Waals surface area contributed by atoms with Crippen LogP contribution in [0.5, 0.6) is 5.75 Å². The molecule has 2 aromatic carbocycles. The van der Waals surface area contributed by atoms with E-state index in [1.165, 1.54) is 0 Å². The summed E-state index contributed by atoms with van der Waals surface area (Å²) in [5, 5.41) is 2.82. The lowest BCUT2D eigenvalue weighted by Crippen LogP contribution is -2.15. The van der Waals surface area contributed by atoms with Gasteiger partial charge in [-0.05, 0) is 29.8 Å². The number of nitrogens with two attached hydrogens (primary N) is 1. The lowest BCUT2D eigenvalue weighted by Gasteiger charge is -2.11. The molecule has 0 aliphatic heterocycles. The van der Waals surface area contributed by atoms with E-state index >= 15 is 0 Å². The first-order valence-electron chi connectivity index (χ1n) is 6.06. The van der Waals surface area contributed by atoms with E-state index in [1.807, 2.05) is 24.3 Å². The first-order chi connectivity index (χ1) is 9.58. The number of ether oxygens (including phenoxy) is 1. The summed E-state index contributed by atoms with van der Waals surface area (Å²) in [6.07, 6.45) is 0.299. The maximum absolute atomic E-state index is 12.0. The number of methoxy groups -OCH3 is 1. The minimum atomic E-state index is -0.105. The molecule has 104 valence electrons.